The number of rotatable bonds is 8. The summed E-state index contributed by atoms with van der Waals surface area (Å²) in [6.45, 7) is 28.5. The number of para-hydroxylation sites is 4. The molecule has 119 heavy (non-hydrogen) atoms. The van der Waals surface area contributed by atoms with Crippen molar-refractivity contribution in [1.82, 2.24) is 9.13 Å². The first-order chi connectivity index (χ1) is 57.5. The molecule has 5 nitrogen and oxygen atoms in total. The fourth-order valence-corrected chi connectivity index (χ4v) is 22.7. The van der Waals surface area contributed by atoms with Crippen molar-refractivity contribution < 1.29 is 4.42 Å². The quantitative estimate of drug-likeness (QED) is 0.152. The van der Waals surface area contributed by atoms with Crippen LogP contribution in [-0.4, -0.2) is 9.13 Å². The van der Waals surface area contributed by atoms with Gasteiger partial charge >= 0.3 is 0 Å². The van der Waals surface area contributed by atoms with E-state index in [0.29, 0.717) is 0 Å². The zero-order chi connectivity index (χ0) is 80.7. The predicted molar refractivity (Wildman–Crippen MR) is 500 cm³/mol. The molecule has 0 amide bonds. The zero-order valence-corrected chi connectivity index (χ0v) is 70.5. The second-order valence-corrected chi connectivity index (χ2v) is 39.3. The maximum atomic E-state index is 7.66. The number of fused-ring (bicyclic) bond motifs is 27. The minimum absolute atomic E-state index is 0.00642. The van der Waals surface area contributed by atoms with E-state index in [9.17, 15) is 0 Å². The fourth-order valence-electron chi connectivity index (χ4n) is 22.7. The van der Waals surface area contributed by atoms with Gasteiger partial charge in [0.1, 0.15) is 11.2 Å². The van der Waals surface area contributed by atoms with Crippen molar-refractivity contribution in [2.45, 2.75) is 155 Å². The summed E-state index contributed by atoms with van der Waals surface area (Å²) < 4.78 is 13.0. The number of anilines is 4. The van der Waals surface area contributed by atoms with E-state index in [1.165, 1.54) is 173 Å². The molecule has 0 saturated carbocycles. The summed E-state index contributed by atoms with van der Waals surface area (Å²) >= 11 is 0. The molecule has 5 heterocycles. The van der Waals surface area contributed by atoms with E-state index < -0.39 is 10.8 Å². The highest BCUT2D eigenvalue weighted by Gasteiger charge is 2.59. The van der Waals surface area contributed by atoms with Crippen LogP contribution in [0, 0.1) is 11.3 Å². The molecule has 6 aliphatic carbocycles. The largest absolute Gasteiger partial charge is 0.456 e. The molecule has 0 radical (unpaired) electrons. The van der Waals surface area contributed by atoms with Gasteiger partial charge in [-0.25, -0.2) is 0 Å². The Morgan fingerprint density at radius 3 is 1.52 bits per heavy atom. The van der Waals surface area contributed by atoms with Gasteiger partial charge in [0, 0.05) is 84.2 Å². The van der Waals surface area contributed by atoms with Crippen molar-refractivity contribution in [1.29, 1.82) is 0 Å². The van der Waals surface area contributed by atoms with E-state index in [2.05, 4.69) is 405 Å². The monoisotopic (exact) mass is 1540 g/mol. The topological polar surface area (TPSA) is 29.5 Å². The van der Waals surface area contributed by atoms with Gasteiger partial charge in [0.2, 0.25) is 0 Å². The van der Waals surface area contributed by atoms with E-state index in [1.54, 1.807) is 0 Å². The highest BCUT2D eigenvalue weighted by atomic mass is 16.3. The first kappa shape index (κ1) is 71.8. The molecule has 23 rings (SSSR count). The van der Waals surface area contributed by atoms with Crippen molar-refractivity contribution >= 4 is 94.6 Å². The summed E-state index contributed by atoms with van der Waals surface area (Å²) in [5, 5.41) is 5.84. The highest BCUT2D eigenvalue weighted by Crippen LogP contribution is 2.69. The number of hydrogen-bond acceptors (Lipinski definition) is 3. The van der Waals surface area contributed by atoms with Crippen LogP contribution < -0.4 is 9.80 Å². The second-order valence-electron chi connectivity index (χ2n) is 39.3. The van der Waals surface area contributed by atoms with E-state index in [0.717, 1.165) is 77.5 Å². The van der Waals surface area contributed by atoms with Crippen LogP contribution in [0.25, 0.3) is 105 Å². The number of hydrogen-bond donors (Lipinski definition) is 0. The Bertz CT molecular complexity index is 7060. The van der Waals surface area contributed by atoms with E-state index in [-0.39, 0.29) is 33.5 Å². The number of furan rings is 1. The molecule has 3 unspecified atom stereocenters. The average Bonchev–Trinajstić information content (AvgIpc) is 1.51. The van der Waals surface area contributed by atoms with Crippen LogP contribution in [0.2, 0.25) is 0 Å². The molecule has 5 heteroatoms. The van der Waals surface area contributed by atoms with Gasteiger partial charge < -0.3 is 23.4 Å². The normalized spacial score (nSPS) is 18.5. The molecule has 2 aliphatic heterocycles. The molecular weight excluding hydrogens is 1440 g/mol. The van der Waals surface area contributed by atoms with E-state index >= 15 is 0 Å². The van der Waals surface area contributed by atoms with E-state index in [1.807, 2.05) is 0 Å². The smallest absolute Gasteiger partial charge is 0.136 e. The first-order valence-corrected chi connectivity index (χ1v) is 43.5. The number of aromatic nitrogens is 2. The summed E-state index contributed by atoms with van der Waals surface area (Å²) in [5.41, 5.74) is 40.6. The summed E-state index contributed by atoms with van der Waals surface area (Å²) in [7, 11) is 0. The third-order valence-electron chi connectivity index (χ3n) is 28.5. The summed E-state index contributed by atoms with van der Waals surface area (Å²) in [6.07, 6.45) is 27.4. The molecule has 12 aromatic carbocycles. The average molecular weight is 1540 g/mol. The van der Waals surface area contributed by atoms with Crippen LogP contribution in [0.1, 0.15) is 200 Å². The Kier molecular flexibility index (Phi) is 15.4. The lowest BCUT2D eigenvalue weighted by molar-refractivity contribution is 0.458. The molecule has 3 atom stereocenters. The molecule has 3 aromatic heterocycles. The number of benzene rings is 12. The van der Waals surface area contributed by atoms with Gasteiger partial charge in [0.15, 0.2) is 0 Å². The Labute approximate surface area is 699 Å². The van der Waals surface area contributed by atoms with Crippen LogP contribution in [0.15, 0.2) is 319 Å². The van der Waals surface area contributed by atoms with Crippen LogP contribution in [-0.2, 0) is 27.1 Å². The molecule has 0 N–H and O–H groups in total. The third kappa shape index (κ3) is 10.4. The van der Waals surface area contributed by atoms with E-state index in [4.69, 9.17) is 4.42 Å². The molecule has 8 aliphatic rings. The summed E-state index contributed by atoms with van der Waals surface area (Å²) in [4.78, 5) is 4.88. The van der Waals surface area contributed by atoms with Gasteiger partial charge in [-0.15, -0.1) is 0 Å². The fraction of sp³-hybridized carbons (Fsp3) is 0.228. The Morgan fingerprint density at radius 1 is 0.395 bits per heavy atom. The Morgan fingerprint density at radius 2 is 0.933 bits per heavy atom. The van der Waals surface area contributed by atoms with Gasteiger partial charge in [-0.2, -0.15) is 0 Å². The van der Waals surface area contributed by atoms with Crippen molar-refractivity contribution in [3.05, 3.63) is 387 Å². The standard InChI is InChI=1S/C114H100N4O/c1-109(2,3)73-45-53-93-83(61-73)84-62-74(110(4,5)6)46-54-94(84)113(93)97-37-25-27-39-101(97)117-103-65-89-90-66-104-88(68-106(90)119-105(89)67-87(103)91-57-71(59-99(113)107(91)117)69-41-49-81(50-42-69)115(77-29-17-13-18-30-77)78-31-19-14-20-32-78)92-58-72(70-43-51-82(52-44-70)116(79-33-21-15-22-34-79)80-35-23-16-24-36-80)60-100-108(92)118(104)102-40-28-26-38-98(102)114(100)95-55-47-75(111(7,8)9)63-85(95)86-64-76(112(10,11)12)48-56-96(86)114/h13-15,17-19,21-23,25-31,33-53,55-59,61-68,94,100H,16,20,24,32,54,60H2,1-12H3. The lowest BCUT2D eigenvalue weighted by Gasteiger charge is -2.47. The van der Waals surface area contributed by atoms with Crippen molar-refractivity contribution in [3.63, 3.8) is 0 Å². The molecular formula is C114H100N4O. The lowest BCUT2D eigenvalue weighted by Crippen LogP contribution is -2.41. The highest BCUT2D eigenvalue weighted by molar-refractivity contribution is 6.21. The molecule has 0 saturated heterocycles. The maximum Gasteiger partial charge on any atom is 0.136 e. The zero-order valence-electron chi connectivity index (χ0n) is 70.5. The molecule has 582 valence electrons. The molecule has 2 spiro atoms. The summed E-state index contributed by atoms with van der Waals surface area (Å²) in [5.74, 6) is 0.124. The second kappa shape index (κ2) is 25.5. The van der Waals surface area contributed by atoms with Crippen LogP contribution >= 0.6 is 0 Å². The minimum atomic E-state index is -0.547. The van der Waals surface area contributed by atoms with Crippen molar-refractivity contribution in [2.24, 2.45) is 11.3 Å². The van der Waals surface area contributed by atoms with Crippen molar-refractivity contribution in [2.75, 3.05) is 9.80 Å². The van der Waals surface area contributed by atoms with Gasteiger partial charge in [0.25, 0.3) is 0 Å². The molecule has 0 fully saturated rings. The SMILES string of the molecule is CC(C)(C)C1=CCC2C(=C1)c1cc(C(C)(C)C)ccc1C21c2ccccc2-n2c3cc4c(cc3c3cc(-c5ccc(N(C6=CC=CCC6)c6ccccc6)cc5)cc1c32)oc1cc2c3c5n(c2cc14)-c1ccccc1C1(c2ccc(C(C)(C)C)cc2-c2cc(C(C)(C)C)ccc21)C5CC(c1ccc(N(C2=CCCC=C2)c2ccccc2)cc1)=C3. The van der Waals surface area contributed by atoms with Crippen molar-refractivity contribution in [3.8, 4) is 33.6 Å². The van der Waals surface area contributed by atoms with Crippen LogP contribution in [0.5, 0.6) is 0 Å². The number of allylic oxidation sites excluding steroid dienone is 12. The Balaban J connectivity index is 0.770. The van der Waals surface area contributed by atoms with Gasteiger partial charge in [0.05, 0.1) is 38.8 Å². The van der Waals surface area contributed by atoms with Gasteiger partial charge in [-0.05, 0) is 276 Å². The molecule has 0 bridgehead atoms. The van der Waals surface area contributed by atoms with Crippen LogP contribution in [0.4, 0.5) is 22.7 Å². The van der Waals surface area contributed by atoms with Crippen LogP contribution in [0.3, 0.4) is 0 Å². The Hall–Kier alpha value is -12.4. The summed E-state index contributed by atoms with van der Waals surface area (Å²) in [6, 6.07) is 97.6. The molecule has 15 aromatic rings. The predicted octanol–water partition coefficient (Wildman–Crippen LogP) is 30.3. The van der Waals surface area contributed by atoms with Gasteiger partial charge in [-0.1, -0.05) is 271 Å². The number of nitrogens with zero attached hydrogens (tertiary/aromatic N) is 4. The maximum absolute atomic E-state index is 7.66. The first-order valence-electron chi connectivity index (χ1n) is 43.5. The minimum Gasteiger partial charge on any atom is -0.456 e. The lowest BCUT2D eigenvalue weighted by atomic mass is 9.57. The van der Waals surface area contributed by atoms with Gasteiger partial charge in [-0.3, -0.25) is 0 Å². The third-order valence-corrected chi connectivity index (χ3v) is 28.5.